The smallest absolute Gasteiger partial charge is 0.251 e. The second-order valence-electron chi connectivity index (χ2n) is 7.46. The molecule has 9 nitrogen and oxygen atoms in total. The van der Waals surface area contributed by atoms with Crippen molar-refractivity contribution in [3.63, 3.8) is 0 Å². The van der Waals surface area contributed by atoms with Gasteiger partial charge in [-0.1, -0.05) is 18.7 Å². The zero-order valence-electron chi connectivity index (χ0n) is 19.1. The first kappa shape index (κ1) is 23.6. The van der Waals surface area contributed by atoms with Crippen molar-refractivity contribution in [3.8, 4) is 11.5 Å². The number of thioether (sulfide) groups is 1. The van der Waals surface area contributed by atoms with Gasteiger partial charge >= 0.3 is 0 Å². The highest BCUT2D eigenvalue weighted by Gasteiger charge is 2.15. The molecule has 3 aromatic rings. The molecule has 0 unspecified atom stereocenters. The van der Waals surface area contributed by atoms with Crippen LogP contribution in [-0.4, -0.2) is 58.2 Å². The minimum atomic E-state index is -0.213. The van der Waals surface area contributed by atoms with Gasteiger partial charge in [-0.15, -0.1) is 0 Å². The second-order valence-corrected chi connectivity index (χ2v) is 8.53. The highest BCUT2D eigenvalue weighted by molar-refractivity contribution is 7.99. The van der Waals surface area contributed by atoms with Crippen LogP contribution in [0.25, 0.3) is 11.0 Å². The predicted octanol–water partition coefficient (Wildman–Crippen LogP) is 3.60. The number of hydrogen-bond donors (Lipinski definition) is 2. The normalized spacial score (nSPS) is 11.1. The van der Waals surface area contributed by atoms with Gasteiger partial charge in [-0.25, -0.2) is 14.6 Å². The van der Waals surface area contributed by atoms with Crippen molar-refractivity contribution in [2.75, 3.05) is 31.8 Å². The maximum Gasteiger partial charge on any atom is 0.251 e. The first-order chi connectivity index (χ1) is 15.4. The molecule has 0 bridgehead atoms. The molecule has 0 spiro atoms. The Balaban J connectivity index is 1.75. The maximum absolute atomic E-state index is 12.6. The number of carbonyl (C=O) groups is 1. The lowest BCUT2D eigenvalue weighted by atomic mass is 10.2. The zero-order chi connectivity index (χ0) is 23.1. The zero-order valence-corrected chi connectivity index (χ0v) is 20.0. The van der Waals surface area contributed by atoms with Crippen molar-refractivity contribution in [2.45, 2.75) is 44.9 Å². The van der Waals surface area contributed by atoms with Crippen molar-refractivity contribution in [2.24, 2.45) is 0 Å². The third-order valence-electron chi connectivity index (χ3n) is 4.56. The fraction of sp³-hybridized carbons (Fsp3) is 0.455. The third-order valence-corrected chi connectivity index (χ3v) is 5.61. The van der Waals surface area contributed by atoms with E-state index in [1.807, 2.05) is 0 Å². The van der Waals surface area contributed by atoms with Crippen molar-refractivity contribution < 1.29 is 14.3 Å². The number of carbonyl (C=O) groups excluding carboxylic acids is 1. The number of aromatic nitrogens is 4. The molecule has 2 heterocycles. The number of hydrogen-bond acceptors (Lipinski definition) is 8. The van der Waals surface area contributed by atoms with Gasteiger partial charge in [0, 0.05) is 30.0 Å². The van der Waals surface area contributed by atoms with Crippen molar-refractivity contribution in [3.05, 3.63) is 30.0 Å². The van der Waals surface area contributed by atoms with E-state index in [0.29, 0.717) is 30.2 Å². The SMILES string of the molecule is CCCSc1nc(NC(C)C)c2cnn(CCNC(=O)c3cc(OC)cc(OC)c3)c2n1. The molecule has 0 saturated carbocycles. The van der Waals surface area contributed by atoms with E-state index in [1.54, 1.807) is 55.1 Å². The molecule has 172 valence electrons. The number of anilines is 1. The Morgan fingerprint density at radius 3 is 2.50 bits per heavy atom. The van der Waals surface area contributed by atoms with E-state index >= 15 is 0 Å². The van der Waals surface area contributed by atoms with Crippen LogP contribution in [0.4, 0.5) is 5.82 Å². The number of amides is 1. The van der Waals surface area contributed by atoms with Gasteiger partial charge in [0.25, 0.3) is 5.91 Å². The molecular formula is C22H30N6O3S. The summed E-state index contributed by atoms with van der Waals surface area (Å²) in [6, 6.07) is 5.31. The summed E-state index contributed by atoms with van der Waals surface area (Å²) in [4.78, 5) is 22.0. The molecule has 1 amide bonds. The third kappa shape index (κ3) is 5.82. The van der Waals surface area contributed by atoms with Gasteiger partial charge in [0.15, 0.2) is 10.8 Å². The van der Waals surface area contributed by atoms with E-state index in [2.05, 4.69) is 41.5 Å². The maximum atomic E-state index is 12.6. The van der Waals surface area contributed by atoms with Crippen LogP contribution >= 0.6 is 11.8 Å². The van der Waals surface area contributed by atoms with Crippen LogP contribution in [0.3, 0.4) is 0 Å². The molecule has 32 heavy (non-hydrogen) atoms. The van der Waals surface area contributed by atoms with Gasteiger partial charge < -0.3 is 20.1 Å². The molecule has 0 aliphatic heterocycles. The van der Waals surface area contributed by atoms with Crippen LogP contribution in [0, 0.1) is 0 Å². The molecule has 2 aromatic heterocycles. The molecule has 1 aromatic carbocycles. The van der Waals surface area contributed by atoms with Crippen LogP contribution in [0.2, 0.25) is 0 Å². The lowest BCUT2D eigenvalue weighted by molar-refractivity contribution is 0.0951. The molecule has 0 radical (unpaired) electrons. The summed E-state index contributed by atoms with van der Waals surface area (Å²) in [6.07, 6.45) is 2.81. The van der Waals surface area contributed by atoms with Crippen LogP contribution in [-0.2, 0) is 6.54 Å². The Labute approximate surface area is 192 Å². The standard InChI is InChI=1S/C22H30N6O3S/c1-6-9-32-22-26-19(25-14(2)3)18-13-24-28(20(18)27-22)8-7-23-21(29)15-10-16(30-4)12-17(11-15)31-5/h10-14H,6-9H2,1-5H3,(H,23,29)(H,25,26,27). The monoisotopic (exact) mass is 458 g/mol. The highest BCUT2D eigenvalue weighted by atomic mass is 32.2. The van der Waals surface area contributed by atoms with Crippen molar-refractivity contribution >= 4 is 34.5 Å². The minimum Gasteiger partial charge on any atom is -0.497 e. The van der Waals surface area contributed by atoms with E-state index in [-0.39, 0.29) is 11.9 Å². The van der Waals surface area contributed by atoms with Gasteiger partial charge in [-0.3, -0.25) is 4.79 Å². The summed E-state index contributed by atoms with van der Waals surface area (Å²) >= 11 is 1.62. The van der Waals surface area contributed by atoms with Gasteiger partial charge in [0.1, 0.15) is 17.3 Å². The molecule has 0 fully saturated rings. The average Bonchev–Trinajstić information content (AvgIpc) is 3.20. The molecule has 0 saturated heterocycles. The van der Waals surface area contributed by atoms with E-state index in [0.717, 1.165) is 34.2 Å². The largest absolute Gasteiger partial charge is 0.497 e. The summed E-state index contributed by atoms with van der Waals surface area (Å²) in [5.74, 6) is 2.64. The summed E-state index contributed by atoms with van der Waals surface area (Å²) in [5, 5.41) is 12.4. The quantitative estimate of drug-likeness (QED) is 0.332. The van der Waals surface area contributed by atoms with Crippen LogP contribution in [0.15, 0.2) is 29.6 Å². The molecule has 0 atom stereocenters. The first-order valence-corrected chi connectivity index (χ1v) is 11.6. The Hall–Kier alpha value is -3.01. The number of nitrogens with zero attached hydrogens (tertiary/aromatic N) is 4. The van der Waals surface area contributed by atoms with Gasteiger partial charge in [0.2, 0.25) is 0 Å². The summed E-state index contributed by atoms with van der Waals surface area (Å²) in [5.41, 5.74) is 1.22. The topological polar surface area (TPSA) is 103 Å². The fourth-order valence-electron chi connectivity index (χ4n) is 3.06. The molecule has 3 rings (SSSR count). The van der Waals surface area contributed by atoms with E-state index in [9.17, 15) is 4.79 Å². The molecular weight excluding hydrogens is 428 g/mol. The molecule has 2 N–H and O–H groups in total. The molecule has 10 heteroatoms. The summed E-state index contributed by atoms with van der Waals surface area (Å²) in [6.45, 7) is 7.14. The van der Waals surface area contributed by atoms with Gasteiger partial charge in [0.05, 0.1) is 32.3 Å². The lowest BCUT2D eigenvalue weighted by Crippen LogP contribution is -2.27. The van der Waals surface area contributed by atoms with Crippen LogP contribution in [0.1, 0.15) is 37.6 Å². The minimum absolute atomic E-state index is 0.213. The van der Waals surface area contributed by atoms with E-state index in [1.165, 1.54) is 0 Å². The van der Waals surface area contributed by atoms with E-state index < -0.39 is 0 Å². The molecule has 0 aliphatic rings. The average molecular weight is 459 g/mol. The number of nitrogens with one attached hydrogen (secondary N) is 2. The first-order valence-electron chi connectivity index (χ1n) is 10.6. The van der Waals surface area contributed by atoms with Crippen molar-refractivity contribution in [1.29, 1.82) is 0 Å². The Kier molecular flexibility index (Phi) is 8.15. The highest BCUT2D eigenvalue weighted by Crippen LogP contribution is 2.25. The number of rotatable bonds is 11. The van der Waals surface area contributed by atoms with Crippen molar-refractivity contribution in [1.82, 2.24) is 25.1 Å². The number of ether oxygens (including phenoxy) is 2. The summed E-state index contributed by atoms with van der Waals surface area (Å²) < 4.78 is 12.3. The van der Waals surface area contributed by atoms with Crippen LogP contribution < -0.4 is 20.1 Å². The fourth-order valence-corrected chi connectivity index (χ4v) is 3.75. The van der Waals surface area contributed by atoms with Crippen LogP contribution in [0.5, 0.6) is 11.5 Å². The summed E-state index contributed by atoms with van der Waals surface area (Å²) in [7, 11) is 3.10. The number of methoxy groups -OCH3 is 2. The number of benzene rings is 1. The number of fused-ring (bicyclic) bond motifs is 1. The Bertz CT molecular complexity index is 1050. The molecule has 0 aliphatic carbocycles. The lowest BCUT2D eigenvalue weighted by Gasteiger charge is -2.12. The van der Waals surface area contributed by atoms with E-state index in [4.69, 9.17) is 14.5 Å². The predicted molar refractivity (Wildman–Crippen MR) is 127 cm³/mol. The van der Waals surface area contributed by atoms with Gasteiger partial charge in [-0.2, -0.15) is 5.10 Å². The van der Waals surface area contributed by atoms with Gasteiger partial charge in [-0.05, 0) is 32.4 Å². The Morgan fingerprint density at radius 2 is 1.88 bits per heavy atom. The Morgan fingerprint density at radius 1 is 1.16 bits per heavy atom. The second kappa shape index (κ2) is 11.0.